The maximum atomic E-state index is 10.4. The number of carboxylic acid groups (broad SMARTS) is 1. The van der Waals surface area contributed by atoms with Crippen LogP contribution in [0.5, 0.6) is 0 Å². The van der Waals surface area contributed by atoms with Crippen molar-refractivity contribution in [3.05, 3.63) is 0 Å². The molecule has 92 valence electrons. The molecule has 5 heteroatoms. The molecule has 0 aromatic carbocycles. The summed E-state index contributed by atoms with van der Waals surface area (Å²) in [4.78, 5) is 10.4. The van der Waals surface area contributed by atoms with Crippen molar-refractivity contribution in [2.24, 2.45) is 0 Å². The molecule has 0 amide bonds. The number of carboxylic acids is 1. The molecule has 0 bridgehead atoms. The van der Waals surface area contributed by atoms with Gasteiger partial charge in [-0.25, -0.2) is 4.79 Å². The Morgan fingerprint density at radius 2 is 2.12 bits per heavy atom. The Kier molecular flexibility index (Phi) is 3.78. The molecular weight excluding hydrogens is 212 g/mol. The van der Waals surface area contributed by atoms with Gasteiger partial charge in [0, 0.05) is 26.2 Å². The first-order chi connectivity index (χ1) is 7.70. The second kappa shape index (κ2) is 5.12. The third kappa shape index (κ3) is 2.93. The fourth-order valence-corrected chi connectivity index (χ4v) is 2.41. The van der Waals surface area contributed by atoms with Crippen molar-refractivity contribution in [3.63, 3.8) is 0 Å². The molecule has 1 N–H and O–H groups in total. The van der Waals surface area contributed by atoms with Crippen LogP contribution < -0.4 is 0 Å². The Balaban J connectivity index is 1.85. The first-order valence-electron chi connectivity index (χ1n) is 5.75. The first kappa shape index (κ1) is 11.8. The number of rotatable bonds is 3. The number of ether oxygens (including phenoxy) is 3. The molecule has 0 aromatic heterocycles. The van der Waals surface area contributed by atoms with Crippen LogP contribution in [0.15, 0.2) is 0 Å². The molecule has 0 radical (unpaired) electrons. The van der Waals surface area contributed by atoms with Gasteiger partial charge in [0.1, 0.15) is 6.61 Å². The number of hydrogen-bond donors (Lipinski definition) is 1. The van der Waals surface area contributed by atoms with E-state index in [1.54, 1.807) is 0 Å². The quantitative estimate of drug-likeness (QED) is 0.777. The van der Waals surface area contributed by atoms with Crippen LogP contribution in [0.4, 0.5) is 0 Å². The van der Waals surface area contributed by atoms with Gasteiger partial charge in [-0.05, 0) is 19.3 Å². The average Bonchev–Trinajstić information content (AvgIpc) is 2.28. The van der Waals surface area contributed by atoms with Crippen molar-refractivity contribution in [1.82, 2.24) is 0 Å². The summed E-state index contributed by atoms with van der Waals surface area (Å²) in [5, 5.41) is 8.57. The molecule has 1 spiro atoms. The lowest BCUT2D eigenvalue weighted by molar-refractivity contribution is -0.175. The van der Waals surface area contributed by atoms with E-state index in [0.29, 0.717) is 6.61 Å². The predicted molar refractivity (Wildman–Crippen MR) is 55.3 cm³/mol. The molecule has 5 nitrogen and oxygen atoms in total. The Bertz CT molecular complexity index is 241. The number of aliphatic carboxylic acids is 1. The molecule has 0 aliphatic carbocycles. The zero-order valence-electron chi connectivity index (χ0n) is 9.31. The second-order valence-electron chi connectivity index (χ2n) is 4.46. The van der Waals surface area contributed by atoms with E-state index in [9.17, 15) is 4.79 Å². The van der Waals surface area contributed by atoms with E-state index in [-0.39, 0.29) is 18.3 Å². The Morgan fingerprint density at radius 1 is 1.38 bits per heavy atom. The fraction of sp³-hybridized carbons (Fsp3) is 0.909. The SMILES string of the molecule is O=C(O)COC1CCOC2(CCOCC2)C1. The lowest BCUT2D eigenvalue weighted by atomic mass is 9.85. The standard InChI is InChI=1S/C11H18O5/c12-10(13)8-15-9-1-4-16-11(7-9)2-5-14-6-3-11/h9H,1-8H2,(H,12,13). The molecule has 2 heterocycles. The maximum Gasteiger partial charge on any atom is 0.329 e. The van der Waals surface area contributed by atoms with Crippen LogP contribution in [0.25, 0.3) is 0 Å². The summed E-state index contributed by atoms with van der Waals surface area (Å²) in [7, 11) is 0. The highest BCUT2D eigenvalue weighted by atomic mass is 16.5. The van der Waals surface area contributed by atoms with Gasteiger partial charge >= 0.3 is 5.97 Å². The van der Waals surface area contributed by atoms with Gasteiger partial charge in [-0.2, -0.15) is 0 Å². The van der Waals surface area contributed by atoms with E-state index in [2.05, 4.69) is 0 Å². The molecule has 2 aliphatic heterocycles. The zero-order valence-corrected chi connectivity index (χ0v) is 9.31. The fourth-order valence-electron chi connectivity index (χ4n) is 2.41. The normalized spacial score (nSPS) is 29.1. The van der Waals surface area contributed by atoms with Crippen molar-refractivity contribution >= 4 is 5.97 Å². The van der Waals surface area contributed by atoms with Crippen LogP contribution in [0.3, 0.4) is 0 Å². The van der Waals surface area contributed by atoms with Gasteiger partial charge in [0.05, 0.1) is 11.7 Å². The minimum atomic E-state index is -0.910. The maximum absolute atomic E-state index is 10.4. The number of hydrogen-bond acceptors (Lipinski definition) is 4. The molecule has 2 saturated heterocycles. The van der Waals surface area contributed by atoms with Crippen LogP contribution in [0.1, 0.15) is 25.7 Å². The van der Waals surface area contributed by atoms with Gasteiger partial charge in [-0.3, -0.25) is 0 Å². The van der Waals surface area contributed by atoms with Crippen molar-refractivity contribution in [2.45, 2.75) is 37.4 Å². The largest absolute Gasteiger partial charge is 0.480 e. The van der Waals surface area contributed by atoms with Crippen LogP contribution in [0, 0.1) is 0 Å². The third-order valence-corrected chi connectivity index (χ3v) is 3.29. The molecule has 0 saturated carbocycles. The number of carbonyl (C=O) groups is 1. The lowest BCUT2D eigenvalue weighted by Gasteiger charge is -2.42. The Morgan fingerprint density at radius 3 is 2.81 bits per heavy atom. The van der Waals surface area contributed by atoms with Gasteiger partial charge < -0.3 is 19.3 Å². The Hall–Kier alpha value is -0.650. The summed E-state index contributed by atoms with van der Waals surface area (Å²) >= 11 is 0. The topological polar surface area (TPSA) is 65.0 Å². The van der Waals surface area contributed by atoms with Gasteiger partial charge in [-0.15, -0.1) is 0 Å². The highest BCUT2D eigenvalue weighted by Gasteiger charge is 2.39. The highest BCUT2D eigenvalue weighted by Crippen LogP contribution is 2.35. The minimum absolute atomic E-state index is 0.0166. The smallest absolute Gasteiger partial charge is 0.329 e. The molecular formula is C11H18O5. The van der Waals surface area contributed by atoms with Crippen LogP contribution in [-0.4, -0.2) is 49.2 Å². The second-order valence-corrected chi connectivity index (χ2v) is 4.46. The summed E-state index contributed by atoms with van der Waals surface area (Å²) in [5.41, 5.74) is -0.125. The van der Waals surface area contributed by atoms with Crippen LogP contribution in [0.2, 0.25) is 0 Å². The van der Waals surface area contributed by atoms with Crippen molar-refractivity contribution in [3.8, 4) is 0 Å². The van der Waals surface area contributed by atoms with Crippen LogP contribution in [-0.2, 0) is 19.0 Å². The van der Waals surface area contributed by atoms with E-state index >= 15 is 0 Å². The van der Waals surface area contributed by atoms with E-state index in [0.717, 1.165) is 38.9 Å². The summed E-state index contributed by atoms with van der Waals surface area (Å²) in [6.07, 6.45) is 3.38. The van der Waals surface area contributed by atoms with E-state index in [1.165, 1.54) is 0 Å². The summed E-state index contributed by atoms with van der Waals surface area (Å²) in [6, 6.07) is 0. The molecule has 2 aliphatic rings. The molecule has 2 fully saturated rings. The summed E-state index contributed by atoms with van der Waals surface area (Å²) in [5.74, 6) is -0.910. The van der Waals surface area contributed by atoms with Crippen molar-refractivity contribution < 1.29 is 24.1 Å². The Labute approximate surface area is 94.7 Å². The van der Waals surface area contributed by atoms with Gasteiger partial charge in [0.15, 0.2) is 0 Å². The molecule has 0 aromatic rings. The van der Waals surface area contributed by atoms with Crippen molar-refractivity contribution in [1.29, 1.82) is 0 Å². The first-order valence-corrected chi connectivity index (χ1v) is 5.75. The molecule has 1 unspecified atom stereocenters. The van der Waals surface area contributed by atoms with E-state index < -0.39 is 5.97 Å². The molecule has 2 rings (SSSR count). The van der Waals surface area contributed by atoms with Crippen molar-refractivity contribution in [2.75, 3.05) is 26.4 Å². The third-order valence-electron chi connectivity index (χ3n) is 3.29. The summed E-state index contributed by atoms with van der Waals surface area (Å²) in [6.45, 7) is 1.90. The van der Waals surface area contributed by atoms with E-state index in [1.807, 2.05) is 0 Å². The monoisotopic (exact) mass is 230 g/mol. The minimum Gasteiger partial charge on any atom is -0.480 e. The van der Waals surface area contributed by atoms with Gasteiger partial charge in [0.25, 0.3) is 0 Å². The van der Waals surface area contributed by atoms with Gasteiger partial charge in [0.2, 0.25) is 0 Å². The van der Waals surface area contributed by atoms with E-state index in [4.69, 9.17) is 19.3 Å². The predicted octanol–water partition coefficient (Wildman–Crippen LogP) is 0.816. The zero-order chi connectivity index (χ0) is 11.4. The molecule has 1 atom stereocenters. The average molecular weight is 230 g/mol. The molecule has 16 heavy (non-hydrogen) atoms. The van der Waals surface area contributed by atoms with Crippen LogP contribution >= 0.6 is 0 Å². The lowest BCUT2D eigenvalue weighted by Crippen LogP contribution is -2.46. The summed E-state index contributed by atoms with van der Waals surface area (Å²) < 4.78 is 16.5. The highest BCUT2D eigenvalue weighted by molar-refractivity contribution is 5.68. The van der Waals surface area contributed by atoms with Gasteiger partial charge in [-0.1, -0.05) is 0 Å².